The van der Waals surface area contributed by atoms with Crippen LogP contribution in [-0.4, -0.2) is 47.9 Å². The Labute approximate surface area is 107 Å². The Hall–Kier alpha value is -1.62. The van der Waals surface area contributed by atoms with Crippen molar-refractivity contribution in [2.75, 3.05) is 31.1 Å². The molecule has 0 spiro atoms. The van der Waals surface area contributed by atoms with Crippen LogP contribution in [0.3, 0.4) is 0 Å². The lowest BCUT2D eigenvalue weighted by atomic mass is 10.1. The zero-order valence-electron chi connectivity index (χ0n) is 10.5. The highest BCUT2D eigenvalue weighted by Crippen LogP contribution is 2.26. The molecule has 0 radical (unpaired) electrons. The van der Waals surface area contributed by atoms with Gasteiger partial charge in [-0.15, -0.1) is 0 Å². The molecule has 3 heterocycles. The third-order valence-electron chi connectivity index (χ3n) is 3.97. The fourth-order valence-electron chi connectivity index (χ4n) is 3.07. The van der Waals surface area contributed by atoms with Crippen molar-refractivity contribution >= 4 is 11.5 Å². The fraction of sp³-hybridized carbons (Fsp3) is 0.538. The van der Waals surface area contributed by atoms with Crippen molar-refractivity contribution < 1.29 is 0 Å². The molecule has 5 nitrogen and oxygen atoms in total. The van der Waals surface area contributed by atoms with E-state index >= 15 is 0 Å². The van der Waals surface area contributed by atoms with E-state index in [1.54, 1.807) is 6.20 Å². The van der Waals surface area contributed by atoms with E-state index in [1.807, 2.05) is 12.1 Å². The van der Waals surface area contributed by atoms with Gasteiger partial charge in [0.15, 0.2) is 0 Å². The summed E-state index contributed by atoms with van der Waals surface area (Å²) in [4.78, 5) is 9.13. The highest BCUT2D eigenvalue weighted by molar-refractivity contribution is 5.98. The third kappa shape index (κ3) is 1.95. The SMILES string of the molecule is N=C(N)c1ncccc1N1CCN2CCCC2C1. The number of pyridine rings is 1. The van der Waals surface area contributed by atoms with Crippen LogP contribution >= 0.6 is 0 Å². The molecule has 18 heavy (non-hydrogen) atoms. The molecule has 1 aromatic rings. The van der Waals surface area contributed by atoms with Gasteiger partial charge in [-0.25, -0.2) is 0 Å². The van der Waals surface area contributed by atoms with E-state index in [4.69, 9.17) is 11.1 Å². The van der Waals surface area contributed by atoms with Gasteiger partial charge >= 0.3 is 0 Å². The topological polar surface area (TPSA) is 69.2 Å². The zero-order valence-corrected chi connectivity index (χ0v) is 10.5. The number of rotatable bonds is 2. The predicted molar refractivity (Wildman–Crippen MR) is 72.1 cm³/mol. The molecule has 1 aromatic heterocycles. The molecule has 2 aliphatic rings. The van der Waals surface area contributed by atoms with Gasteiger partial charge in [-0.2, -0.15) is 0 Å². The van der Waals surface area contributed by atoms with Gasteiger partial charge in [-0.05, 0) is 31.5 Å². The zero-order chi connectivity index (χ0) is 12.5. The molecule has 0 bridgehead atoms. The highest BCUT2D eigenvalue weighted by atomic mass is 15.3. The smallest absolute Gasteiger partial charge is 0.143 e. The van der Waals surface area contributed by atoms with Crippen LogP contribution in [0, 0.1) is 5.41 Å². The Morgan fingerprint density at radius 3 is 3.11 bits per heavy atom. The quantitative estimate of drug-likeness (QED) is 0.593. The molecule has 2 saturated heterocycles. The van der Waals surface area contributed by atoms with Gasteiger partial charge in [-0.3, -0.25) is 15.3 Å². The predicted octanol–water partition coefficient (Wildman–Crippen LogP) is 0.650. The van der Waals surface area contributed by atoms with E-state index in [-0.39, 0.29) is 5.84 Å². The monoisotopic (exact) mass is 245 g/mol. The van der Waals surface area contributed by atoms with E-state index in [9.17, 15) is 0 Å². The summed E-state index contributed by atoms with van der Waals surface area (Å²) in [6, 6.07) is 4.61. The maximum absolute atomic E-state index is 7.62. The van der Waals surface area contributed by atoms with Crippen LogP contribution in [0.25, 0.3) is 0 Å². The lowest BCUT2D eigenvalue weighted by Crippen LogP contribution is -2.50. The van der Waals surface area contributed by atoms with Crippen molar-refractivity contribution in [2.24, 2.45) is 5.73 Å². The van der Waals surface area contributed by atoms with Crippen LogP contribution < -0.4 is 10.6 Å². The highest BCUT2D eigenvalue weighted by Gasteiger charge is 2.31. The van der Waals surface area contributed by atoms with Gasteiger partial charge in [0.2, 0.25) is 0 Å². The van der Waals surface area contributed by atoms with Crippen LogP contribution in [0.1, 0.15) is 18.5 Å². The largest absolute Gasteiger partial charge is 0.382 e. The van der Waals surface area contributed by atoms with E-state index in [0.29, 0.717) is 11.7 Å². The van der Waals surface area contributed by atoms with Crippen LogP contribution in [0.4, 0.5) is 5.69 Å². The van der Waals surface area contributed by atoms with E-state index in [2.05, 4.69) is 14.8 Å². The number of aromatic nitrogens is 1. The molecular formula is C13H19N5. The summed E-state index contributed by atoms with van der Waals surface area (Å²) < 4.78 is 0. The number of fused-ring (bicyclic) bond motifs is 1. The van der Waals surface area contributed by atoms with Crippen molar-refractivity contribution in [3.63, 3.8) is 0 Å². The number of anilines is 1. The average molecular weight is 245 g/mol. The second-order valence-electron chi connectivity index (χ2n) is 5.06. The first-order valence-electron chi connectivity index (χ1n) is 6.54. The number of nitrogen functional groups attached to an aromatic ring is 1. The van der Waals surface area contributed by atoms with Crippen molar-refractivity contribution in [3.05, 3.63) is 24.0 Å². The first-order valence-corrected chi connectivity index (χ1v) is 6.54. The summed E-state index contributed by atoms with van der Waals surface area (Å²) in [5, 5.41) is 7.62. The van der Waals surface area contributed by atoms with Gasteiger partial charge in [0.05, 0.1) is 5.69 Å². The number of hydrogen-bond donors (Lipinski definition) is 2. The van der Waals surface area contributed by atoms with Gasteiger partial charge < -0.3 is 10.6 Å². The lowest BCUT2D eigenvalue weighted by molar-refractivity contribution is 0.231. The Morgan fingerprint density at radius 2 is 2.28 bits per heavy atom. The van der Waals surface area contributed by atoms with Crippen molar-refractivity contribution in [1.82, 2.24) is 9.88 Å². The van der Waals surface area contributed by atoms with Gasteiger partial charge in [0, 0.05) is 31.9 Å². The molecular weight excluding hydrogens is 226 g/mol. The molecule has 2 fully saturated rings. The number of piperazine rings is 1. The minimum atomic E-state index is 0.0550. The van der Waals surface area contributed by atoms with E-state index in [0.717, 1.165) is 25.3 Å². The number of amidine groups is 1. The summed E-state index contributed by atoms with van der Waals surface area (Å²) in [6.07, 6.45) is 4.29. The summed E-state index contributed by atoms with van der Waals surface area (Å²) in [5.74, 6) is 0.0550. The van der Waals surface area contributed by atoms with Crippen molar-refractivity contribution in [3.8, 4) is 0 Å². The van der Waals surface area contributed by atoms with E-state index in [1.165, 1.54) is 19.4 Å². The van der Waals surface area contributed by atoms with Crippen molar-refractivity contribution in [1.29, 1.82) is 5.41 Å². The van der Waals surface area contributed by atoms with Crippen LogP contribution in [-0.2, 0) is 0 Å². The van der Waals surface area contributed by atoms with Gasteiger partial charge in [0.1, 0.15) is 11.5 Å². The van der Waals surface area contributed by atoms with Crippen molar-refractivity contribution in [2.45, 2.75) is 18.9 Å². The average Bonchev–Trinajstić information content (AvgIpc) is 2.85. The molecule has 0 saturated carbocycles. The molecule has 3 rings (SSSR count). The normalized spacial score (nSPS) is 24.0. The molecule has 5 heteroatoms. The Balaban J connectivity index is 1.85. The molecule has 96 valence electrons. The minimum absolute atomic E-state index is 0.0550. The molecule has 0 amide bonds. The summed E-state index contributed by atoms with van der Waals surface area (Å²) in [7, 11) is 0. The first kappa shape index (κ1) is 11.5. The van der Waals surface area contributed by atoms with Gasteiger partial charge in [-0.1, -0.05) is 0 Å². The summed E-state index contributed by atoms with van der Waals surface area (Å²) in [6.45, 7) is 4.39. The van der Waals surface area contributed by atoms with Gasteiger partial charge in [0.25, 0.3) is 0 Å². The Morgan fingerprint density at radius 1 is 1.39 bits per heavy atom. The van der Waals surface area contributed by atoms with Crippen LogP contribution in [0.15, 0.2) is 18.3 Å². The standard InChI is InChI=1S/C13H19N5/c14-13(15)12-11(4-1-5-16-12)18-8-7-17-6-2-3-10(17)9-18/h1,4-5,10H,2-3,6-9H2,(H3,14,15). The molecule has 1 unspecified atom stereocenters. The Bertz CT molecular complexity index is 458. The number of nitrogens with zero attached hydrogens (tertiary/aromatic N) is 3. The second-order valence-corrected chi connectivity index (χ2v) is 5.06. The third-order valence-corrected chi connectivity index (χ3v) is 3.97. The lowest BCUT2D eigenvalue weighted by Gasteiger charge is -2.39. The molecule has 2 aliphatic heterocycles. The first-order chi connectivity index (χ1) is 8.75. The maximum atomic E-state index is 7.62. The fourth-order valence-corrected chi connectivity index (χ4v) is 3.07. The van der Waals surface area contributed by atoms with Crippen LogP contribution in [0.2, 0.25) is 0 Å². The summed E-state index contributed by atoms with van der Waals surface area (Å²) >= 11 is 0. The number of nitrogens with one attached hydrogen (secondary N) is 1. The number of nitrogens with two attached hydrogens (primary N) is 1. The Kier molecular flexibility index (Phi) is 2.91. The maximum Gasteiger partial charge on any atom is 0.143 e. The number of hydrogen-bond acceptors (Lipinski definition) is 4. The molecule has 3 N–H and O–H groups in total. The second kappa shape index (κ2) is 4.57. The molecule has 0 aliphatic carbocycles. The minimum Gasteiger partial charge on any atom is -0.382 e. The van der Waals surface area contributed by atoms with E-state index < -0.39 is 0 Å². The molecule has 0 aromatic carbocycles. The molecule has 1 atom stereocenters. The van der Waals surface area contributed by atoms with Crippen LogP contribution in [0.5, 0.6) is 0 Å². The summed E-state index contributed by atoms with van der Waals surface area (Å²) in [5.41, 5.74) is 7.24.